The van der Waals surface area contributed by atoms with E-state index in [1.807, 2.05) is 0 Å². The van der Waals surface area contributed by atoms with Crippen LogP contribution in [-0.4, -0.2) is 9.55 Å². The summed E-state index contributed by atoms with van der Waals surface area (Å²) in [5, 5.41) is 0. The molecule has 1 aromatic heterocycles. The number of hydrogen-bond donors (Lipinski definition) is 0. The van der Waals surface area contributed by atoms with Gasteiger partial charge in [-0.3, -0.25) is 0 Å². The Labute approximate surface area is 116 Å². The third-order valence-corrected chi connectivity index (χ3v) is 3.83. The van der Waals surface area contributed by atoms with Crippen molar-refractivity contribution in [2.75, 3.05) is 0 Å². The molecule has 0 saturated carbocycles. The normalized spacial score (nSPS) is 11.3. The Balaban J connectivity index is 1.80. The van der Waals surface area contributed by atoms with Crippen LogP contribution in [0, 0.1) is 6.92 Å². The number of fused-ring (bicyclic) bond motifs is 1. The highest BCUT2D eigenvalue weighted by Gasteiger charge is 2.05. The summed E-state index contributed by atoms with van der Waals surface area (Å²) < 4.78 is 2.36. The number of imidazole rings is 1. The zero-order valence-corrected chi connectivity index (χ0v) is 12.4. The molecule has 0 bridgehead atoms. The topological polar surface area (TPSA) is 17.8 Å². The molecule has 0 unspecified atom stereocenters. The van der Waals surface area contributed by atoms with Crippen LogP contribution in [0.5, 0.6) is 0 Å². The number of hydrogen-bond acceptors (Lipinski definition) is 1. The molecule has 0 saturated heterocycles. The van der Waals surface area contributed by atoms with Crippen LogP contribution < -0.4 is 0 Å². The summed E-state index contributed by atoms with van der Waals surface area (Å²) in [5.41, 5.74) is 2.41. The molecular formula is C17H26N2. The zero-order valence-electron chi connectivity index (χ0n) is 12.4. The Morgan fingerprint density at radius 3 is 2.42 bits per heavy atom. The van der Waals surface area contributed by atoms with E-state index in [-0.39, 0.29) is 0 Å². The highest BCUT2D eigenvalue weighted by atomic mass is 15.1. The third kappa shape index (κ3) is 3.82. The Kier molecular flexibility index (Phi) is 5.44. The maximum atomic E-state index is 4.62. The first-order valence-electron chi connectivity index (χ1n) is 7.75. The number of nitrogens with zero attached hydrogens (tertiary/aromatic N) is 2. The largest absolute Gasteiger partial charge is 0.328 e. The van der Waals surface area contributed by atoms with E-state index in [1.165, 1.54) is 50.5 Å². The van der Waals surface area contributed by atoms with Crippen molar-refractivity contribution in [2.45, 2.75) is 65.3 Å². The van der Waals surface area contributed by atoms with Gasteiger partial charge in [0.25, 0.3) is 0 Å². The third-order valence-electron chi connectivity index (χ3n) is 3.83. The van der Waals surface area contributed by atoms with Gasteiger partial charge in [-0.25, -0.2) is 4.98 Å². The molecule has 1 aromatic carbocycles. The van der Waals surface area contributed by atoms with Crippen molar-refractivity contribution in [3.63, 3.8) is 0 Å². The molecule has 0 aliphatic heterocycles. The molecule has 0 aliphatic carbocycles. The second kappa shape index (κ2) is 7.32. The SMILES string of the molecule is CCCCCCCCCn1c(C)nc2ccccc21. The van der Waals surface area contributed by atoms with Crippen LogP contribution in [0.3, 0.4) is 0 Å². The monoisotopic (exact) mass is 258 g/mol. The fraction of sp³-hybridized carbons (Fsp3) is 0.588. The van der Waals surface area contributed by atoms with Gasteiger partial charge in [-0.1, -0.05) is 57.6 Å². The van der Waals surface area contributed by atoms with Crippen LogP contribution in [0.4, 0.5) is 0 Å². The minimum Gasteiger partial charge on any atom is -0.328 e. The van der Waals surface area contributed by atoms with Crippen molar-refractivity contribution >= 4 is 11.0 Å². The molecule has 0 N–H and O–H groups in total. The first-order valence-corrected chi connectivity index (χ1v) is 7.75. The van der Waals surface area contributed by atoms with Gasteiger partial charge < -0.3 is 4.57 Å². The van der Waals surface area contributed by atoms with Crippen molar-refractivity contribution in [3.05, 3.63) is 30.1 Å². The molecule has 104 valence electrons. The first-order chi connectivity index (χ1) is 9.33. The van der Waals surface area contributed by atoms with Gasteiger partial charge in [-0.15, -0.1) is 0 Å². The molecular weight excluding hydrogens is 232 g/mol. The smallest absolute Gasteiger partial charge is 0.106 e. The first kappa shape index (κ1) is 14.1. The summed E-state index contributed by atoms with van der Waals surface area (Å²) in [5.74, 6) is 1.15. The highest BCUT2D eigenvalue weighted by Crippen LogP contribution is 2.17. The van der Waals surface area contributed by atoms with E-state index in [2.05, 4.69) is 47.7 Å². The van der Waals surface area contributed by atoms with E-state index < -0.39 is 0 Å². The van der Waals surface area contributed by atoms with Gasteiger partial charge in [-0.05, 0) is 25.5 Å². The van der Waals surface area contributed by atoms with Crippen molar-refractivity contribution in [3.8, 4) is 0 Å². The molecule has 0 spiro atoms. The predicted octanol–water partition coefficient (Wildman–Crippen LogP) is 5.10. The van der Waals surface area contributed by atoms with E-state index in [1.54, 1.807) is 0 Å². The number of rotatable bonds is 8. The molecule has 0 aliphatic rings. The van der Waals surface area contributed by atoms with Gasteiger partial charge >= 0.3 is 0 Å². The van der Waals surface area contributed by atoms with Gasteiger partial charge in [0.05, 0.1) is 11.0 Å². The fourth-order valence-corrected chi connectivity index (χ4v) is 2.71. The Bertz CT molecular complexity index is 499. The summed E-state index contributed by atoms with van der Waals surface area (Å²) >= 11 is 0. The van der Waals surface area contributed by atoms with E-state index in [0.717, 1.165) is 17.9 Å². The minimum absolute atomic E-state index is 1.11. The minimum atomic E-state index is 1.11. The van der Waals surface area contributed by atoms with Crippen LogP contribution in [-0.2, 0) is 6.54 Å². The summed E-state index contributed by atoms with van der Waals surface area (Å²) in [6.07, 6.45) is 9.53. The van der Waals surface area contributed by atoms with Gasteiger partial charge in [0.2, 0.25) is 0 Å². The number of aromatic nitrogens is 2. The quantitative estimate of drug-likeness (QED) is 0.603. The number of unbranched alkanes of at least 4 members (excludes halogenated alkanes) is 6. The fourth-order valence-electron chi connectivity index (χ4n) is 2.71. The molecule has 19 heavy (non-hydrogen) atoms. The lowest BCUT2D eigenvalue weighted by molar-refractivity contribution is 0.550. The van der Waals surface area contributed by atoms with Gasteiger partial charge in [-0.2, -0.15) is 0 Å². The summed E-state index contributed by atoms with van der Waals surface area (Å²) in [6, 6.07) is 8.44. The number of para-hydroxylation sites is 2. The van der Waals surface area contributed by atoms with Gasteiger partial charge in [0, 0.05) is 6.54 Å². The summed E-state index contributed by atoms with van der Waals surface area (Å²) in [7, 11) is 0. The average Bonchev–Trinajstić information content (AvgIpc) is 2.74. The average molecular weight is 258 g/mol. The lowest BCUT2D eigenvalue weighted by Gasteiger charge is -2.06. The molecule has 0 amide bonds. The highest BCUT2D eigenvalue weighted by molar-refractivity contribution is 5.75. The zero-order chi connectivity index (χ0) is 13.5. The second-order valence-electron chi connectivity index (χ2n) is 5.42. The lowest BCUT2D eigenvalue weighted by atomic mass is 10.1. The predicted molar refractivity (Wildman–Crippen MR) is 82.5 cm³/mol. The van der Waals surface area contributed by atoms with Crippen molar-refractivity contribution in [1.82, 2.24) is 9.55 Å². The van der Waals surface area contributed by atoms with E-state index >= 15 is 0 Å². The summed E-state index contributed by atoms with van der Waals surface area (Å²) in [4.78, 5) is 4.62. The van der Waals surface area contributed by atoms with Crippen molar-refractivity contribution in [2.24, 2.45) is 0 Å². The summed E-state index contributed by atoms with van der Waals surface area (Å²) in [6.45, 7) is 5.49. The van der Waals surface area contributed by atoms with Crippen LogP contribution in [0.25, 0.3) is 11.0 Å². The van der Waals surface area contributed by atoms with Gasteiger partial charge in [0.1, 0.15) is 5.82 Å². The maximum Gasteiger partial charge on any atom is 0.106 e. The molecule has 2 aromatic rings. The lowest BCUT2D eigenvalue weighted by Crippen LogP contribution is -2.00. The molecule has 0 radical (unpaired) electrons. The number of aryl methyl sites for hydroxylation is 2. The van der Waals surface area contributed by atoms with Crippen LogP contribution in [0.2, 0.25) is 0 Å². The van der Waals surface area contributed by atoms with E-state index in [9.17, 15) is 0 Å². The second-order valence-corrected chi connectivity index (χ2v) is 5.42. The Morgan fingerprint density at radius 1 is 0.947 bits per heavy atom. The van der Waals surface area contributed by atoms with Gasteiger partial charge in [0.15, 0.2) is 0 Å². The molecule has 2 rings (SSSR count). The van der Waals surface area contributed by atoms with Crippen LogP contribution in [0.1, 0.15) is 57.7 Å². The van der Waals surface area contributed by atoms with Crippen molar-refractivity contribution in [1.29, 1.82) is 0 Å². The van der Waals surface area contributed by atoms with E-state index in [0.29, 0.717) is 0 Å². The molecule has 2 nitrogen and oxygen atoms in total. The van der Waals surface area contributed by atoms with Crippen LogP contribution in [0.15, 0.2) is 24.3 Å². The van der Waals surface area contributed by atoms with Crippen molar-refractivity contribution < 1.29 is 0 Å². The molecule has 0 atom stereocenters. The van der Waals surface area contributed by atoms with Crippen LogP contribution >= 0.6 is 0 Å². The Morgan fingerprint density at radius 2 is 1.63 bits per heavy atom. The molecule has 1 heterocycles. The maximum absolute atomic E-state index is 4.62. The van der Waals surface area contributed by atoms with E-state index in [4.69, 9.17) is 0 Å². The number of benzene rings is 1. The Hall–Kier alpha value is -1.31. The molecule has 0 fully saturated rings. The molecule has 2 heteroatoms. The standard InChI is InChI=1S/C17H26N2/c1-3-4-5-6-7-8-11-14-19-15(2)18-16-12-9-10-13-17(16)19/h9-10,12-13H,3-8,11,14H2,1-2H3.